The van der Waals surface area contributed by atoms with E-state index in [1.54, 1.807) is 18.3 Å². The summed E-state index contributed by atoms with van der Waals surface area (Å²) in [5, 5.41) is 0. The monoisotopic (exact) mass is 388 g/mol. The van der Waals surface area contributed by atoms with Crippen molar-refractivity contribution in [1.29, 1.82) is 0 Å². The number of carbonyl (C=O) groups excluding carboxylic acids is 1. The first kappa shape index (κ1) is 19.1. The molecule has 5 nitrogen and oxygen atoms in total. The summed E-state index contributed by atoms with van der Waals surface area (Å²) in [5.74, 6) is 0.360. The SMILES string of the molecule is Cc1ncc(C(=O)N2CC[C@H](C3CCN(Cc4cccc(F)c4F)CC3)C2)[nH]1. The number of hydrogen-bond acceptors (Lipinski definition) is 3. The van der Waals surface area contributed by atoms with Crippen LogP contribution in [0.3, 0.4) is 0 Å². The van der Waals surface area contributed by atoms with Gasteiger partial charge in [-0.2, -0.15) is 0 Å². The van der Waals surface area contributed by atoms with E-state index in [1.165, 1.54) is 0 Å². The van der Waals surface area contributed by atoms with Crippen molar-refractivity contribution >= 4 is 5.91 Å². The van der Waals surface area contributed by atoms with Crippen LogP contribution in [0, 0.1) is 30.4 Å². The van der Waals surface area contributed by atoms with Gasteiger partial charge in [-0.1, -0.05) is 12.1 Å². The maximum Gasteiger partial charge on any atom is 0.271 e. The van der Waals surface area contributed by atoms with Crippen molar-refractivity contribution in [1.82, 2.24) is 19.8 Å². The number of nitrogens with zero attached hydrogens (tertiary/aromatic N) is 3. The number of piperidine rings is 1. The van der Waals surface area contributed by atoms with E-state index in [9.17, 15) is 13.6 Å². The molecule has 7 heteroatoms. The van der Waals surface area contributed by atoms with E-state index in [0.717, 1.165) is 57.3 Å². The molecule has 2 aromatic rings. The van der Waals surface area contributed by atoms with E-state index < -0.39 is 11.6 Å². The predicted molar refractivity (Wildman–Crippen MR) is 102 cm³/mol. The van der Waals surface area contributed by atoms with Gasteiger partial charge in [-0.15, -0.1) is 0 Å². The average Bonchev–Trinajstić information content (AvgIpc) is 3.35. The number of imidazole rings is 1. The fraction of sp³-hybridized carbons (Fsp3) is 0.524. The van der Waals surface area contributed by atoms with Gasteiger partial charge in [0.1, 0.15) is 11.5 Å². The number of aromatic amines is 1. The summed E-state index contributed by atoms with van der Waals surface area (Å²) < 4.78 is 27.3. The second kappa shape index (κ2) is 7.99. The van der Waals surface area contributed by atoms with Gasteiger partial charge in [0.05, 0.1) is 6.20 Å². The summed E-state index contributed by atoms with van der Waals surface area (Å²) in [6.07, 6.45) is 4.71. The largest absolute Gasteiger partial charge is 0.338 e. The molecule has 1 amide bonds. The maximum absolute atomic E-state index is 13.9. The zero-order valence-electron chi connectivity index (χ0n) is 16.1. The molecule has 0 spiro atoms. The quantitative estimate of drug-likeness (QED) is 0.874. The molecule has 2 aliphatic rings. The van der Waals surface area contributed by atoms with E-state index in [1.807, 2.05) is 11.8 Å². The first-order valence-corrected chi connectivity index (χ1v) is 9.97. The second-order valence-electron chi connectivity index (χ2n) is 8.01. The minimum absolute atomic E-state index is 0.0297. The molecule has 1 aromatic carbocycles. The molecule has 1 atom stereocenters. The number of amides is 1. The lowest BCUT2D eigenvalue weighted by molar-refractivity contribution is 0.0767. The molecule has 0 unspecified atom stereocenters. The van der Waals surface area contributed by atoms with E-state index in [4.69, 9.17) is 0 Å². The second-order valence-corrected chi connectivity index (χ2v) is 8.01. The number of H-pyrrole nitrogens is 1. The molecule has 2 aliphatic heterocycles. The van der Waals surface area contributed by atoms with Crippen LogP contribution < -0.4 is 0 Å². The number of rotatable bonds is 4. The molecule has 28 heavy (non-hydrogen) atoms. The lowest BCUT2D eigenvalue weighted by Gasteiger charge is -2.34. The number of benzene rings is 1. The number of aromatic nitrogens is 2. The van der Waals surface area contributed by atoms with Crippen LogP contribution in [0.25, 0.3) is 0 Å². The van der Waals surface area contributed by atoms with Gasteiger partial charge in [0, 0.05) is 25.2 Å². The molecular weight excluding hydrogens is 362 g/mol. The number of carbonyl (C=O) groups is 1. The van der Waals surface area contributed by atoms with Crippen molar-refractivity contribution in [2.24, 2.45) is 11.8 Å². The summed E-state index contributed by atoms with van der Waals surface area (Å²) in [6, 6.07) is 4.37. The van der Waals surface area contributed by atoms with Crippen molar-refractivity contribution in [2.75, 3.05) is 26.2 Å². The summed E-state index contributed by atoms with van der Waals surface area (Å²) in [6.45, 7) is 5.63. The fourth-order valence-corrected chi connectivity index (χ4v) is 4.55. The molecule has 1 N–H and O–H groups in total. The zero-order chi connectivity index (χ0) is 19.7. The van der Waals surface area contributed by atoms with Crippen LogP contribution in [0.2, 0.25) is 0 Å². The Hall–Kier alpha value is -2.28. The molecule has 0 saturated carbocycles. The maximum atomic E-state index is 13.9. The minimum atomic E-state index is -0.782. The highest BCUT2D eigenvalue weighted by Gasteiger charge is 2.34. The molecule has 1 aromatic heterocycles. The molecule has 3 heterocycles. The first-order valence-electron chi connectivity index (χ1n) is 9.97. The number of nitrogens with one attached hydrogen (secondary N) is 1. The molecular formula is C21H26F2N4O. The molecule has 2 fully saturated rings. The Labute approximate surface area is 163 Å². The summed E-state index contributed by atoms with van der Waals surface area (Å²) in [7, 11) is 0. The predicted octanol–water partition coefficient (Wildman–Crippen LogP) is 3.37. The molecule has 0 bridgehead atoms. The third kappa shape index (κ3) is 3.94. The highest BCUT2D eigenvalue weighted by atomic mass is 19.2. The highest BCUT2D eigenvalue weighted by Crippen LogP contribution is 2.33. The van der Waals surface area contributed by atoms with E-state index in [2.05, 4.69) is 14.9 Å². The normalized spacial score (nSPS) is 21.4. The van der Waals surface area contributed by atoms with Crippen LogP contribution in [-0.4, -0.2) is 51.9 Å². The van der Waals surface area contributed by atoms with Gasteiger partial charge in [0.15, 0.2) is 11.6 Å². The Kier molecular flexibility index (Phi) is 5.44. The van der Waals surface area contributed by atoms with E-state index in [0.29, 0.717) is 29.6 Å². The minimum Gasteiger partial charge on any atom is -0.338 e. The Morgan fingerprint density at radius 1 is 1.18 bits per heavy atom. The molecule has 4 rings (SSSR count). The Morgan fingerprint density at radius 2 is 1.93 bits per heavy atom. The van der Waals surface area contributed by atoms with Crippen LogP contribution >= 0.6 is 0 Å². The topological polar surface area (TPSA) is 52.2 Å². The first-order chi connectivity index (χ1) is 13.5. The summed E-state index contributed by atoms with van der Waals surface area (Å²) >= 11 is 0. The molecule has 2 saturated heterocycles. The number of hydrogen-bond donors (Lipinski definition) is 1. The van der Waals surface area contributed by atoms with Gasteiger partial charge in [-0.25, -0.2) is 13.8 Å². The van der Waals surface area contributed by atoms with E-state index in [-0.39, 0.29) is 5.91 Å². The van der Waals surface area contributed by atoms with E-state index >= 15 is 0 Å². The fourth-order valence-electron chi connectivity index (χ4n) is 4.55. The summed E-state index contributed by atoms with van der Waals surface area (Å²) in [4.78, 5) is 23.8. The van der Waals surface area contributed by atoms with Gasteiger partial charge in [0.2, 0.25) is 0 Å². The van der Waals surface area contributed by atoms with Crippen molar-refractivity contribution in [3.63, 3.8) is 0 Å². The van der Waals surface area contributed by atoms with Crippen molar-refractivity contribution in [3.05, 3.63) is 53.1 Å². The van der Waals surface area contributed by atoms with Crippen LogP contribution in [0.1, 0.15) is 41.1 Å². The third-order valence-electron chi connectivity index (χ3n) is 6.17. The van der Waals surface area contributed by atoms with Gasteiger partial charge < -0.3 is 9.88 Å². The van der Waals surface area contributed by atoms with Crippen LogP contribution in [-0.2, 0) is 6.54 Å². The van der Waals surface area contributed by atoms with Crippen LogP contribution in [0.5, 0.6) is 0 Å². The van der Waals surface area contributed by atoms with Gasteiger partial charge in [-0.3, -0.25) is 9.69 Å². The van der Waals surface area contributed by atoms with Crippen molar-refractivity contribution < 1.29 is 13.6 Å². The van der Waals surface area contributed by atoms with Gasteiger partial charge >= 0.3 is 0 Å². The summed E-state index contributed by atoms with van der Waals surface area (Å²) in [5.41, 5.74) is 0.982. The Morgan fingerprint density at radius 3 is 2.64 bits per heavy atom. The van der Waals surface area contributed by atoms with Crippen LogP contribution in [0.15, 0.2) is 24.4 Å². The van der Waals surface area contributed by atoms with Crippen molar-refractivity contribution in [2.45, 2.75) is 32.7 Å². The Bertz CT molecular complexity index is 845. The molecule has 150 valence electrons. The molecule has 0 aliphatic carbocycles. The number of aryl methyl sites for hydroxylation is 1. The standard InChI is InChI=1S/C21H26F2N4O/c1-14-24-11-19(25-14)21(28)27-10-7-16(13-27)15-5-8-26(9-6-15)12-17-3-2-4-18(22)20(17)23/h2-4,11,15-16H,5-10,12-13H2,1H3,(H,24,25)/t16-/m0/s1. The lowest BCUT2D eigenvalue weighted by Crippen LogP contribution is -2.37. The van der Waals surface area contributed by atoms with Crippen molar-refractivity contribution in [3.8, 4) is 0 Å². The molecule has 0 radical (unpaired) electrons. The Balaban J connectivity index is 1.28. The zero-order valence-corrected chi connectivity index (χ0v) is 16.1. The van der Waals surface area contributed by atoms with Gasteiger partial charge in [-0.05, 0) is 57.2 Å². The van der Waals surface area contributed by atoms with Gasteiger partial charge in [0.25, 0.3) is 5.91 Å². The smallest absolute Gasteiger partial charge is 0.271 e. The number of likely N-dealkylation sites (tertiary alicyclic amines) is 2. The van der Waals surface area contributed by atoms with Crippen LogP contribution in [0.4, 0.5) is 8.78 Å². The average molecular weight is 388 g/mol. The lowest BCUT2D eigenvalue weighted by atomic mass is 9.83. The highest BCUT2D eigenvalue weighted by molar-refractivity contribution is 5.92. The third-order valence-corrected chi connectivity index (χ3v) is 6.17. The number of halogens is 2.